The fourth-order valence-corrected chi connectivity index (χ4v) is 2.95. The van der Waals surface area contributed by atoms with Gasteiger partial charge in [0.2, 0.25) is 0 Å². The fourth-order valence-electron chi connectivity index (χ4n) is 2.95. The van der Waals surface area contributed by atoms with E-state index in [0.29, 0.717) is 12.1 Å². The van der Waals surface area contributed by atoms with Gasteiger partial charge in [0.25, 0.3) is 0 Å². The second-order valence-corrected chi connectivity index (χ2v) is 5.57. The van der Waals surface area contributed by atoms with Crippen LogP contribution in [0.25, 0.3) is 0 Å². The number of aromatic nitrogens is 2. The molecule has 1 aromatic heterocycles. The van der Waals surface area contributed by atoms with Crippen molar-refractivity contribution in [3.8, 4) is 0 Å². The van der Waals surface area contributed by atoms with Gasteiger partial charge in [0.1, 0.15) is 6.33 Å². The maximum absolute atomic E-state index is 4.38. The van der Waals surface area contributed by atoms with Crippen molar-refractivity contribution in [3.63, 3.8) is 0 Å². The molecule has 0 aliphatic carbocycles. The molecule has 1 fully saturated rings. The molecule has 2 heterocycles. The Morgan fingerprint density at radius 3 is 2.81 bits per heavy atom. The van der Waals surface area contributed by atoms with Gasteiger partial charge in [-0.25, -0.2) is 9.97 Å². The van der Waals surface area contributed by atoms with Gasteiger partial charge < -0.3 is 5.32 Å². The lowest BCUT2D eigenvalue weighted by molar-refractivity contribution is 0.119. The average molecular weight is 282 g/mol. The van der Waals surface area contributed by atoms with Gasteiger partial charge in [-0.1, -0.05) is 37.3 Å². The average Bonchev–Trinajstić information content (AvgIpc) is 2.56. The van der Waals surface area contributed by atoms with Crippen LogP contribution < -0.4 is 5.32 Å². The first kappa shape index (κ1) is 14.2. The van der Waals surface area contributed by atoms with Crippen LogP contribution in [0.5, 0.6) is 0 Å². The minimum Gasteiger partial charge on any atom is -0.311 e. The molecule has 2 unspecified atom stereocenters. The number of nitrogens with zero attached hydrogens (tertiary/aromatic N) is 3. The van der Waals surface area contributed by atoms with E-state index in [-0.39, 0.29) is 0 Å². The van der Waals surface area contributed by atoms with Gasteiger partial charge in [-0.05, 0) is 18.1 Å². The summed E-state index contributed by atoms with van der Waals surface area (Å²) in [4.78, 5) is 10.9. The maximum atomic E-state index is 4.38. The normalized spacial score (nSPS) is 23.1. The smallest absolute Gasteiger partial charge is 0.115 e. The van der Waals surface area contributed by atoms with Crippen molar-refractivity contribution in [2.45, 2.75) is 32.0 Å². The number of nitrogens with one attached hydrogen (secondary N) is 1. The summed E-state index contributed by atoms with van der Waals surface area (Å²) in [5.74, 6) is 0. The van der Waals surface area contributed by atoms with Crippen molar-refractivity contribution in [2.24, 2.45) is 0 Å². The second kappa shape index (κ2) is 6.78. The molecular formula is C17H22N4. The minimum atomic E-state index is 0.406. The number of hydrogen-bond acceptors (Lipinski definition) is 4. The summed E-state index contributed by atoms with van der Waals surface area (Å²) in [6.07, 6.45) is 4.60. The summed E-state index contributed by atoms with van der Waals surface area (Å²) < 4.78 is 0. The largest absolute Gasteiger partial charge is 0.311 e. The summed E-state index contributed by atoms with van der Waals surface area (Å²) in [7, 11) is 0. The zero-order valence-electron chi connectivity index (χ0n) is 12.4. The molecule has 1 saturated heterocycles. The van der Waals surface area contributed by atoms with E-state index in [4.69, 9.17) is 0 Å². The Bertz CT molecular complexity index is 543. The fraction of sp³-hybridized carbons (Fsp3) is 0.412. The summed E-state index contributed by atoms with van der Waals surface area (Å²) in [5, 5.41) is 3.66. The van der Waals surface area contributed by atoms with Crippen molar-refractivity contribution in [3.05, 3.63) is 60.2 Å². The van der Waals surface area contributed by atoms with E-state index < -0.39 is 0 Å². The number of rotatable bonds is 4. The highest BCUT2D eigenvalue weighted by molar-refractivity contribution is 5.20. The molecule has 0 spiro atoms. The molecule has 1 aliphatic rings. The van der Waals surface area contributed by atoms with E-state index in [9.17, 15) is 0 Å². The Morgan fingerprint density at radius 1 is 1.24 bits per heavy atom. The third-order valence-electron chi connectivity index (χ3n) is 4.18. The third kappa shape index (κ3) is 3.46. The van der Waals surface area contributed by atoms with E-state index in [1.807, 2.05) is 12.3 Å². The molecule has 1 aliphatic heterocycles. The van der Waals surface area contributed by atoms with Crippen LogP contribution >= 0.6 is 0 Å². The van der Waals surface area contributed by atoms with Gasteiger partial charge in [0.15, 0.2) is 0 Å². The molecule has 0 radical (unpaired) electrons. The summed E-state index contributed by atoms with van der Waals surface area (Å²) in [5.41, 5.74) is 2.45. The van der Waals surface area contributed by atoms with Gasteiger partial charge in [-0.15, -0.1) is 0 Å². The summed E-state index contributed by atoms with van der Waals surface area (Å²) in [6, 6.07) is 13.7. The standard InChI is InChI=1S/C17H22N4/c1-2-15-11-21(12-16-8-9-18-13-20-16)17(10-19-15)14-6-4-3-5-7-14/h3-9,13,15,17,19H,2,10-12H2,1H3. The molecule has 0 saturated carbocycles. The molecule has 21 heavy (non-hydrogen) atoms. The highest BCUT2D eigenvalue weighted by atomic mass is 15.2. The van der Waals surface area contributed by atoms with E-state index >= 15 is 0 Å². The highest BCUT2D eigenvalue weighted by Crippen LogP contribution is 2.25. The van der Waals surface area contributed by atoms with Crippen molar-refractivity contribution >= 4 is 0 Å². The third-order valence-corrected chi connectivity index (χ3v) is 4.18. The predicted octanol–water partition coefficient (Wildman–Crippen LogP) is 2.40. The van der Waals surface area contributed by atoms with Crippen LogP contribution in [-0.2, 0) is 6.54 Å². The van der Waals surface area contributed by atoms with Crippen molar-refractivity contribution < 1.29 is 0 Å². The van der Waals surface area contributed by atoms with Crippen LogP contribution in [0.4, 0.5) is 0 Å². The summed E-state index contributed by atoms with van der Waals surface area (Å²) in [6.45, 7) is 5.16. The Hall–Kier alpha value is -1.78. The first-order chi connectivity index (χ1) is 10.4. The monoisotopic (exact) mass is 282 g/mol. The van der Waals surface area contributed by atoms with Crippen molar-refractivity contribution in [1.82, 2.24) is 20.2 Å². The maximum Gasteiger partial charge on any atom is 0.115 e. The topological polar surface area (TPSA) is 41.1 Å². The predicted molar refractivity (Wildman–Crippen MR) is 83.7 cm³/mol. The van der Waals surface area contributed by atoms with Crippen molar-refractivity contribution in [1.29, 1.82) is 0 Å². The molecule has 1 N–H and O–H groups in total. The Labute approximate surface area is 126 Å². The first-order valence-electron chi connectivity index (χ1n) is 7.64. The van der Waals surface area contributed by atoms with Gasteiger partial charge >= 0.3 is 0 Å². The molecule has 3 rings (SSSR count). The molecule has 2 atom stereocenters. The summed E-state index contributed by atoms with van der Waals surface area (Å²) >= 11 is 0. The molecule has 4 heteroatoms. The SMILES string of the molecule is CCC1CN(Cc2ccncn2)C(c2ccccc2)CN1. The Kier molecular flexibility index (Phi) is 4.58. The van der Waals surface area contributed by atoms with Crippen LogP contribution in [0.2, 0.25) is 0 Å². The van der Waals surface area contributed by atoms with Crippen LogP contribution in [0.1, 0.15) is 30.6 Å². The number of benzene rings is 1. The van der Waals surface area contributed by atoms with Crippen LogP contribution in [0, 0.1) is 0 Å². The zero-order valence-corrected chi connectivity index (χ0v) is 12.4. The molecule has 0 amide bonds. The lowest BCUT2D eigenvalue weighted by atomic mass is 10.00. The highest BCUT2D eigenvalue weighted by Gasteiger charge is 2.28. The molecule has 1 aromatic carbocycles. The molecule has 2 aromatic rings. The van der Waals surface area contributed by atoms with Gasteiger partial charge in [-0.2, -0.15) is 0 Å². The first-order valence-corrected chi connectivity index (χ1v) is 7.64. The van der Waals surface area contributed by atoms with Crippen LogP contribution in [0.3, 0.4) is 0 Å². The Balaban J connectivity index is 1.80. The molecule has 110 valence electrons. The quantitative estimate of drug-likeness (QED) is 0.935. The van der Waals surface area contributed by atoms with E-state index in [0.717, 1.165) is 31.7 Å². The van der Waals surface area contributed by atoms with Crippen molar-refractivity contribution in [2.75, 3.05) is 13.1 Å². The van der Waals surface area contributed by atoms with Crippen LogP contribution in [-0.4, -0.2) is 34.0 Å². The number of hydrogen-bond donors (Lipinski definition) is 1. The second-order valence-electron chi connectivity index (χ2n) is 5.57. The van der Waals surface area contributed by atoms with Crippen LogP contribution in [0.15, 0.2) is 48.9 Å². The van der Waals surface area contributed by atoms with Gasteiger partial charge in [-0.3, -0.25) is 4.90 Å². The zero-order chi connectivity index (χ0) is 14.5. The lowest BCUT2D eigenvalue weighted by Crippen LogP contribution is -2.51. The lowest BCUT2D eigenvalue weighted by Gasteiger charge is -2.40. The van der Waals surface area contributed by atoms with E-state index in [2.05, 4.69) is 57.4 Å². The molecule has 0 bridgehead atoms. The number of piperazine rings is 1. The molecule has 4 nitrogen and oxygen atoms in total. The Morgan fingerprint density at radius 2 is 2.10 bits per heavy atom. The van der Waals surface area contributed by atoms with Gasteiger partial charge in [0, 0.05) is 37.9 Å². The van der Waals surface area contributed by atoms with E-state index in [1.54, 1.807) is 6.33 Å². The van der Waals surface area contributed by atoms with Gasteiger partial charge in [0.05, 0.1) is 5.69 Å². The minimum absolute atomic E-state index is 0.406. The van der Waals surface area contributed by atoms with E-state index in [1.165, 1.54) is 5.56 Å². The molecular weight excluding hydrogens is 260 g/mol.